The van der Waals surface area contributed by atoms with Crippen molar-refractivity contribution in [2.24, 2.45) is 11.8 Å². The molecule has 0 saturated carbocycles. The Kier molecular flexibility index (Phi) is 8.08. The molecule has 7 heteroatoms. The molecule has 2 amide bonds. The summed E-state index contributed by atoms with van der Waals surface area (Å²) in [5.74, 6) is 0.986. The highest BCUT2D eigenvalue weighted by atomic mass is 35.5. The van der Waals surface area contributed by atoms with E-state index in [0.29, 0.717) is 23.9 Å². The number of anilines is 2. The van der Waals surface area contributed by atoms with Crippen LogP contribution in [0.25, 0.3) is 0 Å². The summed E-state index contributed by atoms with van der Waals surface area (Å²) in [6.07, 6.45) is 4.27. The first kappa shape index (κ1) is 22.0. The predicted molar refractivity (Wildman–Crippen MR) is 113 cm³/mol. The summed E-state index contributed by atoms with van der Waals surface area (Å²) in [7, 11) is 0. The molecule has 1 fully saturated rings. The molecule has 6 nitrogen and oxygen atoms in total. The first-order valence-corrected chi connectivity index (χ1v) is 9.49. The van der Waals surface area contributed by atoms with E-state index in [4.69, 9.17) is 4.42 Å². The zero-order valence-corrected chi connectivity index (χ0v) is 17.1. The van der Waals surface area contributed by atoms with Gasteiger partial charge < -0.3 is 20.4 Å². The maximum atomic E-state index is 12.4. The molecule has 0 radical (unpaired) electrons. The maximum Gasteiger partial charge on any atom is 0.291 e. The minimum absolute atomic E-state index is 0. The van der Waals surface area contributed by atoms with Gasteiger partial charge in [0.25, 0.3) is 5.91 Å². The largest absolute Gasteiger partial charge is 0.459 e. The van der Waals surface area contributed by atoms with E-state index in [-0.39, 0.29) is 30.0 Å². The number of furan rings is 1. The highest BCUT2D eigenvalue weighted by Gasteiger charge is 2.22. The van der Waals surface area contributed by atoms with E-state index in [1.54, 1.807) is 24.3 Å². The fourth-order valence-electron chi connectivity index (χ4n) is 3.56. The minimum atomic E-state index is -0.296. The van der Waals surface area contributed by atoms with Gasteiger partial charge in [-0.1, -0.05) is 6.92 Å². The van der Waals surface area contributed by atoms with Crippen molar-refractivity contribution in [3.63, 3.8) is 0 Å². The van der Waals surface area contributed by atoms with E-state index in [9.17, 15) is 9.59 Å². The molecular formula is C21H28ClN3O3. The molecule has 1 unspecified atom stereocenters. The minimum Gasteiger partial charge on any atom is -0.459 e. The number of benzene rings is 1. The zero-order chi connectivity index (χ0) is 19.2. The lowest BCUT2D eigenvalue weighted by atomic mass is 9.84. The highest BCUT2D eigenvalue weighted by molar-refractivity contribution is 6.03. The summed E-state index contributed by atoms with van der Waals surface area (Å²) < 4.78 is 5.10. The van der Waals surface area contributed by atoms with Crippen LogP contribution in [0.15, 0.2) is 41.0 Å². The molecule has 1 atom stereocenters. The third-order valence-corrected chi connectivity index (χ3v) is 5.20. The second-order valence-electron chi connectivity index (χ2n) is 7.28. The quantitative estimate of drug-likeness (QED) is 0.671. The normalized spacial score (nSPS) is 15.4. The predicted octanol–water partition coefficient (Wildman–Crippen LogP) is 4.23. The zero-order valence-electron chi connectivity index (χ0n) is 16.3. The van der Waals surface area contributed by atoms with E-state index in [2.05, 4.69) is 22.9 Å². The third-order valence-electron chi connectivity index (χ3n) is 5.20. The Balaban J connectivity index is 0.00000280. The van der Waals surface area contributed by atoms with Crippen molar-refractivity contribution in [3.05, 3.63) is 47.9 Å². The van der Waals surface area contributed by atoms with Gasteiger partial charge in [0.05, 0.1) is 6.26 Å². The Morgan fingerprint density at radius 2 is 1.96 bits per heavy atom. The van der Waals surface area contributed by atoms with E-state index in [0.717, 1.165) is 37.2 Å². The molecule has 152 valence electrons. The average molecular weight is 406 g/mol. The van der Waals surface area contributed by atoms with Gasteiger partial charge in [-0.05, 0) is 80.6 Å². The average Bonchev–Trinajstić information content (AvgIpc) is 3.19. The standard InChI is InChI=1S/C21H27N3O3.ClH/c1-14(16-7-9-22-10-8-16)13-20(25)23-17-5-6-18(15(2)12-17)24-21(26)19-4-3-11-27-19;/h3-6,11-12,14,16,22H,7-10,13H2,1-2H3,(H,23,25)(H,24,26);1H. The van der Waals surface area contributed by atoms with Gasteiger partial charge in [0.15, 0.2) is 5.76 Å². The van der Waals surface area contributed by atoms with Gasteiger partial charge in [0.2, 0.25) is 5.91 Å². The van der Waals surface area contributed by atoms with Crippen molar-refractivity contribution in [2.45, 2.75) is 33.1 Å². The van der Waals surface area contributed by atoms with Gasteiger partial charge >= 0.3 is 0 Å². The summed E-state index contributed by atoms with van der Waals surface area (Å²) in [6, 6.07) is 8.75. The van der Waals surface area contributed by atoms with Crippen LogP contribution in [0.2, 0.25) is 0 Å². The molecule has 3 rings (SSSR count). The van der Waals surface area contributed by atoms with Crippen molar-refractivity contribution < 1.29 is 14.0 Å². The first-order valence-electron chi connectivity index (χ1n) is 9.49. The molecule has 2 heterocycles. The van der Waals surface area contributed by atoms with Crippen LogP contribution in [0, 0.1) is 18.8 Å². The van der Waals surface area contributed by atoms with Gasteiger partial charge in [-0.15, -0.1) is 12.4 Å². The number of carbonyl (C=O) groups is 2. The molecule has 1 aromatic carbocycles. The molecule has 28 heavy (non-hydrogen) atoms. The van der Waals surface area contributed by atoms with Crippen LogP contribution in [0.3, 0.4) is 0 Å². The number of hydrogen-bond donors (Lipinski definition) is 3. The smallest absolute Gasteiger partial charge is 0.291 e. The lowest BCUT2D eigenvalue weighted by Crippen LogP contribution is -2.32. The van der Waals surface area contributed by atoms with Crippen molar-refractivity contribution in [1.82, 2.24) is 5.32 Å². The van der Waals surface area contributed by atoms with Crippen molar-refractivity contribution in [1.29, 1.82) is 0 Å². The number of halogens is 1. The van der Waals surface area contributed by atoms with Crippen LogP contribution in [0.1, 0.15) is 42.3 Å². The van der Waals surface area contributed by atoms with Crippen molar-refractivity contribution in [3.8, 4) is 0 Å². The topological polar surface area (TPSA) is 83.4 Å². The fourth-order valence-corrected chi connectivity index (χ4v) is 3.56. The van der Waals surface area contributed by atoms with Crippen LogP contribution in [0.5, 0.6) is 0 Å². The Morgan fingerprint density at radius 3 is 2.61 bits per heavy atom. The van der Waals surface area contributed by atoms with Gasteiger partial charge in [-0.3, -0.25) is 9.59 Å². The second kappa shape index (κ2) is 10.3. The number of hydrogen-bond acceptors (Lipinski definition) is 4. The van der Waals surface area contributed by atoms with Crippen LogP contribution in [-0.2, 0) is 4.79 Å². The Bertz CT molecular complexity index is 786. The van der Waals surface area contributed by atoms with Crippen LogP contribution >= 0.6 is 12.4 Å². The van der Waals surface area contributed by atoms with Gasteiger partial charge in [-0.2, -0.15) is 0 Å². The molecule has 1 aromatic heterocycles. The molecule has 1 aliphatic heterocycles. The molecule has 1 aliphatic rings. The SMILES string of the molecule is Cc1cc(NC(=O)CC(C)C2CCNCC2)ccc1NC(=O)c1ccco1.Cl. The summed E-state index contributed by atoms with van der Waals surface area (Å²) in [5.41, 5.74) is 2.31. The van der Waals surface area contributed by atoms with E-state index in [1.165, 1.54) is 6.26 Å². The van der Waals surface area contributed by atoms with Crippen molar-refractivity contribution in [2.75, 3.05) is 23.7 Å². The lowest BCUT2D eigenvalue weighted by Gasteiger charge is -2.27. The Morgan fingerprint density at radius 1 is 1.21 bits per heavy atom. The number of rotatable bonds is 6. The van der Waals surface area contributed by atoms with Gasteiger partial charge in [-0.25, -0.2) is 0 Å². The van der Waals surface area contributed by atoms with Crippen molar-refractivity contribution >= 4 is 35.6 Å². The monoisotopic (exact) mass is 405 g/mol. The highest BCUT2D eigenvalue weighted by Crippen LogP contribution is 2.25. The van der Waals surface area contributed by atoms with Gasteiger partial charge in [0.1, 0.15) is 0 Å². The first-order chi connectivity index (χ1) is 13.0. The third kappa shape index (κ3) is 5.84. The summed E-state index contributed by atoms with van der Waals surface area (Å²) in [4.78, 5) is 24.5. The number of aryl methyl sites for hydroxylation is 1. The van der Waals surface area contributed by atoms with E-state index in [1.807, 2.05) is 13.0 Å². The molecule has 2 aromatic rings. The van der Waals surface area contributed by atoms with E-state index >= 15 is 0 Å². The summed E-state index contributed by atoms with van der Waals surface area (Å²) in [5, 5.41) is 9.15. The van der Waals surface area contributed by atoms with Crippen LogP contribution < -0.4 is 16.0 Å². The van der Waals surface area contributed by atoms with E-state index < -0.39 is 0 Å². The Labute approximate surface area is 171 Å². The molecule has 0 bridgehead atoms. The number of piperidine rings is 1. The molecule has 0 aliphatic carbocycles. The number of carbonyl (C=O) groups excluding carboxylic acids is 2. The maximum absolute atomic E-state index is 12.4. The number of amides is 2. The van der Waals surface area contributed by atoms with Crippen LogP contribution in [0.4, 0.5) is 11.4 Å². The molecule has 1 saturated heterocycles. The second-order valence-corrected chi connectivity index (χ2v) is 7.28. The fraction of sp³-hybridized carbons (Fsp3) is 0.429. The lowest BCUT2D eigenvalue weighted by molar-refractivity contribution is -0.117. The molecule has 3 N–H and O–H groups in total. The summed E-state index contributed by atoms with van der Waals surface area (Å²) in [6.45, 7) is 6.14. The van der Waals surface area contributed by atoms with Gasteiger partial charge in [0, 0.05) is 17.8 Å². The number of nitrogens with one attached hydrogen (secondary N) is 3. The molecule has 0 spiro atoms. The molecular weight excluding hydrogens is 378 g/mol. The summed E-state index contributed by atoms with van der Waals surface area (Å²) >= 11 is 0. The van der Waals surface area contributed by atoms with Crippen LogP contribution in [-0.4, -0.2) is 24.9 Å². The Hall–Kier alpha value is -2.31.